The van der Waals surface area contributed by atoms with Crippen molar-refractivity contribution in [3.8, 4) is 11.5 Å². The van der Waals surface area contributed by atoms with E-state index in [1.807, 2.05) is 0 Å². The highest BCUT2D eigenvalue weighted by atomic mass is 35.5. The summed E-state index contributed by atoms with van der Waals surface area (Å²) in [5.41, 5.74) is 0.907. The van der Waals surface area contributed by atoms with Crippen LogP contribution >= 0.6 is 23.2 Å². The summed E-state index contributed by atoms with van der Waals surface area (Å²) in [6.07, 6.45) is 0. The summed E-state index contributed by atoms with van der Waals surface area (Å²) >= 11 is 11.9. The summed E-state index contributed by atoms with van der Waals surface area (Å²) in [5, 5.41) is 9.83. The highest BCUT2D eigenvalue weighted by molar-refractivity contribution is 6.32. The molecule has 0 aliphatic heterocycles. The van der Waals surface area contributed by atoms with Gasteiger partial charge in [0.25, 0.3) is 0 Å². The average Bonchev–Trinajstić information content (AvgIpc) is 2.48. The third-order valence-corrected chi connectivity index (χ3v) is 3.37. The molecule has 0 fully saturated rings. The van der Waals surface area contributed by atoms with Crippen LogP contribution in [0.4, 0.5) is 4.39 Å². The van der Waals surface area contributed by atoms with Gasteiger partial charge in [0, 0.05) is 10.6 Å². The van der Waals surface area contributed by atoms with Crippen LogP contribution in [0.25, 0.3) is 0 Å². The van der Waals surface area contributed by atoms with E-state index < -0.39 is 5.82 Å². The van der Waals surface area contributed by atoms with Crippen molar-refractivity contribution in [1.82, 2.24) is 0 Å². The van der Waals surface area contributed by atoms with Gasteiger partial charge >= 0.3 is 0 Å². The number of halogens is 3. The molecule has 2 aromatic carbocycles. The van der Waals surface area contributed by atoms with Crippen molar-refractivity contribution in [2.45, 2.75) is 13.2 Å². The van der Waals surface area contributed by atoms with Crippen LogP contribution in [0.2, 0.25) is 10.0 Å². The maximum Gasteiger partial charge on any atom is 0.180 e. The molecule has 0 radical (unpaired) electrons. The standard InChI is InChI=1S/C15H13Cl2FO3/c1-20-14-5-9(7-19)4-12(17)15(14)21-8-10-6-11(16)2-3-13(10)18/h2-6,19H,7-8H2,1H3. The molecule has 6 heteroatoms. The summed E-state index contributed by atoms with van der Waals surface area (Å²) in [5.74, 6) is 0.242. The van der Waals surface area contributed by atoms with Crippen molar-refractivity contribution in [3.63, 3.8) is 0 Å². The van der Waals surface area contributed by atoms with Gasteiger partial charge in [-0.05, 0) is 35.9 Å². The van der Waals surface area contributed by atoms with E-state index in [0.29, 0.717) is 21.9 Å². The molecule has 0 atom stereocenters. The van der Waals surface area contributed by atoms with Crippen molar-refractivity contribution < 1.29 is 19.0 Å². The summed E-state index contributed by atoms with van der Waals surface area (Å²) < 4.78 is 24.4. The number of hydrogen-bond acceptors (Lipinski definition) is 3. The molecule has 2 aromatic rings. The highest BCUT2D eigenvalue weighted by Crippen LogP contribution is 2.37. The van der Waals surface area contributed by atoms with Crippen LogP contribution in [0.3, 0.4) is 0 Å². The Balaban J connectivity index is 2.25. The van der Waals surface area contributed by atoms with Crippen LogP contribution in [0.1, 0.15) is 11.1 Å². The molecule has 112 valence electrons. The maximum atomic E-state index is 13.6. The van der Waals surface area contributed by atoms with E-state index in [1.165, 1.54) is 25.3 Å². The monoisotopic (exact) mass is 330 g/mol. The molecule has 1 N–H and O–H groups in total. The molecule has 21 heavy (non-hydrogen) atoms. The van der Waals surface area contributed by atoms with Crippen molar-refractivity contribution in [3.05, 3.63) is 57.3 Å². The second-order valence-corrected chi connectivity index (χ2v) is 5.14. The lowest BCUT2D eigenvalue weighted by Crippen LogP contribution is -2.01. The van der Waals surface area contributed by atoms with Crippen molar-refractivity contribution >= 4 is 23.2 Å². The Morgan fingerprint density at radius 1 is 1.19 bits per heavy atom. The molecule has 0 spiro atoms. The number of ether oxygens (including phenoxy) is 2. The zero-order valence-electron chi connectivity index (χ0n) is 11.2. The van der Waals surface area contributed by atoms with Gasteiger partial charge in [0.05, 0.1) is 18.7 Å². The van der Waals surface area contributed by atoms with Gasteiger partial charge in [-0.1, -0.05) is 23.2 Å². The summed E-state index contributed by atoms with van der Waals surface area (Å²) in [6.45, 7) is -0.208. The fraction of sp³-hybridized carbons (Fsp3) is 0.200. The van der Waals surface area contributed by atoms with E-state index in [-0.39, 0.29) is 24.0 Å². The molecule has 0 heterocycles. The molecule has 3 nitrogen and oxygen atoms in total. The van der Waals surface area contributed by atoms with E-state index in [4.69, 9.17) is 37.8 Å². The lowest BCUT2D eigenvalue weighted by atomic mass is 10.2. The van der Waals surface area contributed by atoms with Gasteiger partial charge in [-0.25, -0.2) is 4.39 Å². The smallest absolute Gasteiger partial charge is 0.180 e. The number of hydrogen-bond donors (Lipinski definition) is 1. The van der Waals surface area contributed by atoms with Crippen LogP contribution in [0.15, 0.2) is 30.3 Å². The molecule has 0 aliphatic carbocycles. The molecular formula is C15H13Cl2FO3. The van der Waals surface area contributed by atoms with E-state index in [0.717, 1.165) is 0 Å². The van der Waals surface area contributed by atoms with Gasteiger partial charge in [-0.3, -0.25) is 0 Å². The van der Waals surface area contributed by atoms with Crippen molar-refractivity contribution in [2.75, 3.05) is 7.11 Å². The first-order chi connectivity index (χ1) is 10.0. The van der Waals surface area contributed by atoms with Crippen LogP contribution in [0.5, 0.6) is 11.5 Å². The minimum atomic E-state index is -0.415. The van der Waals surface area contributed by atoms with Crippen LogP contribution in [-0.4, -0.2) is 12.2 Å². The zero-order valence-corrected chi connectivity index (χ0v) is 12.7. The van der Waals surface area contributed by atoms with E-state index in [9.17, 15) is 4.39 Å². The van der Waals surface area contributed by atoms with Gasteiger partial charge in [0.2, 0.25) is 0 Å². The van der Waals surface area contributed by atoms with Gasteiger partial charge in [0.1, 0.15) is 12.4 Å². The molecule has 0 unspecified atom stereocenters. The molecule has 0 amide bonds. The number of aliphatic hydroxyl groups is 1. The minimum absolute atomic E-state index is 0.0407. The molecule has 0 saturated carbocycles. The van der Waals surface area contributed by atoms with Gasteiger partial charge in [-0.15, -0.1) is 0 Å². The Morgan fingerprint density at radius 3 is 2.62 bits per heavy atom. The summed E-state index contributed by atoms with van der Waals surface area (Å²) in [7, 11) is 1.46. The number of rotatable bonds is 5. The normalized spacial score (nSPS) is 10.5. The Morgan fingerprint density at radius 2 is 1.95 bits per heavy atom. The molecule has 0 aliphatic rings. The van der Waals surface area contributed by atoms with Gasteiger partial charge in [-0.2, -0.15) is 0 Å². The lowest BCUT2D eigenvalue weighted by Gasteiger charge is -2.14. The minimum Gasteiger partial charge on any atom is -0.493 e. The fourth-order valence-electron chi connectivity index (χ4n) is 1.81. The Hall–Kier alpha value is -1.49. The zero-order chi connectivity index (χ0) is 15.4. The topological polar surface area (TPSA) is 38.7 Å². The summed E-state index contributed by atoms with van der Waals surface area (Å²) in [4.78, 5) is 0. The van der Waals surface area contributed by atoms with Gasteiger partial charge in [0.15, 0.2) is 11.5 Å². The maximum absolute atomic E-state index is 13.6. The second-order valence-electron chi connectivity index (χ2n) is 4.29. The SMILES string of the molecule is COc1cc(CO)cc(Cl)c1OCc1cc(Cl)ccc1F. The van der Waals surface area contributed by atoms with E-state index in [2.05, 4.69) is 0 Å². The van der Waals surface area contributed by atoms with Crippen molar-refractivity contribution in [1.29, 1.82) is 0 Å². The first kappa shape index (κ1) is 15.9. The largest absolute Gasteiger partial charge is 0.493 e. The predicted molar refractivity (Wildman–Crippen MR) is 79.7 cm³/mol. The third-order valence-electron chi connectivity index (χ3n) is 2.85. The Bertz CT molecular complexity index is 647. The van der Waals surface area contributed by atoms with Gasteiger partial charge < -0.3 is 14.6 Å². The molecular weight excluding hydrogens is 318 g/mol. The third kappa shape index (κ3) is 3.79. The predicted octanol–water partition coefficient (Wildman–Crippen LogP) is 4.21. The first-order valence-electron chi connectivity index (χ1n) is 6.09. The van der Waals surface area contributed by atoms with Crippen LogP contribution in [0, 0.1) is 5.82 Å². The lowest BCUT2D eigenvalue weighted by molar-refractivity contribution is 0.272. The van der Waals surface area contributed by atoms with Crippen LogP contribution < -0.4 is 9.47 Å². The molecule has 0 bridgehead atoms. The molecule has 0 saturated heterocycles. The number of aliphatic hydroxyl groups excluding tert-OH is 1. The van der Waals surface area contributed by atoms with Crippen LogP contribution in [-0.2, 0) is 13.2 Å². The Kier molecular flexibility index (Phi) is 5.28. The highest BCUT2D eigenvalue weighted by Gasteiger charge is 2.13. The molecule has 0 aromatic heterocycles. The number of benzene rings is 2. The average molecular weight is 331 g/mol. The first-order valence-corrected chi connectivity index (χ1v) is 6.84. The quantitative estimate of drug-likeness (QED) is 0.892. The Labute approximate surface area is 131 Å². The summed E-state index contributed by atoms with van der Waals surface area (Å²) in [6, 6.07) is 7.39. The number of methoxy groups -OCH3 is 1. The molecule has 2 rings (SSSR count). The van der Waals surface area contributed by atoms with E-state index in [1.54, 1.807) is 12.1 Å². The van der Waals surface area contributed by atoms with E-state index >= 15 is 0 Å². The fourth-order valence-corrected chi connectivity index (χ4v) is 2.29. The second kappa shape index (κ2) is 6.98. The van der Waals surface area contributed by atoms with Crippen molar-refractivity contribution in [2.24, 2.45) is 0 Å².